The van der Waals surface area contributed by atoms with Crippen LogP contribution in [0.25, 0.3) is 11.1 Å². The van der Waals surface area contributed by atoms with Gasteiger partial charge in [0.2, 0.25) is 11.8 Å². The zero-order chi connectivity index (χ0) is 19.7. The molecule has 6 nitrogen and oxygen atoms in total. The van der Waals surface area contributed by atoms with Gasteiger partial charge in [-0.3, -0.25) is 9.59 Å². The van der Waals surface area contributed by atoms with Gasteiger partial charge in [0.05, 0.1) is 18.7 Å². The molecule has 2 amide bonds. The van der Waals surface area contributed by atoms with E-state index < -0.39 is 5.92 Å². The molecule has 1 aromatic heterocycles. The summed E-state index contributed by atoms with van der Waals surface area (Å²) in [5.74, 6) is -0.0995. The first-order chi connectivity index (χ1) is 13.5. The number of rotatable bonds is 4. The third-order valence-electron chi connectivity index (χ3n) is 5.03. The van der Waals surface area contributed by atoms with Crippen molar-refractivity contribution in [3.8, 4) is 11.1 Å². The van der Waals surface area contributed by atoms with Crippen molar-refractivity contribution in [3.63, 3.8) is 0 Å². The average molecular weight is 374 g/mol. The van der Waals surface area contributed by atoms with Gasteiger partial charge in [0.15, 0.2) is 0 Å². The second-order valence-corrected chi connectivity index (χ2v) is 7.21. The third kappa shape index (κ3) is 3.53. The molecule has 3 aromatic rings. The van der Waals surface area contributed by atoms with Crippen LogP contribution in [0.2, 0.25) is 0 Å². The lowest BCUT2D eigenvalue weighted by Crippen LogP contribution is -2.36. The van der Waals surface area contributed by atoms with Crippen molar-refractivity contribution in [1.82, 2.24) is 9.78 Å². The predicted octanol–water partition coefficient (Wildman–Crippen LogP) is 3.76. The highest BCUT2D eigenvalue weighted by atomic mass is 16.2. The van der Waals surface area contributed by atoms with Crippen molar-refractivity contribution in [2.75, 3.05) is 10.6 Å². The maximum atomic E-state index is 12.6. The van der Waals surface area contributed by atoms with E-state index >= 15 is 0 Å². The van der Waals surface area contributed by atoms with E-state index in [0.717, 1.165) is 27.9 Å². The minimum atomic E-state index is -0.457. The highest BCUT2D eigenvalue weighted by Gasteiger charge is 2.30. The fourth-order valence-corrected chi connectivity index (χ4v) is 3.45. The number of amides is 2. The van der Waals surface area contributed by atoms with Crippen LogP contribution in [-0.4, -0.2) is 21.6 Å². The Morgan fingerprint density at radius 2 is 2.00 bits per heavy atom. The van der Waals surface area contributed by atoms with Gasteiger partial charge in [0.25, 0.3) is 0 Å². The molecule has 0 saturated carbocycles. The van der Waals surface area contributed by atoms with Crippen LogP contribution in [0.1, 0.15) is 17.5 Å². The molecule has 0 bridgehead atoms. The van der Waals surface area contributed by atoms with E-state index in [1.165, 1.54) is 0 Å². The number of nitrogens with one attached hydrogen (secondary N) is 2. The van der Waals surface area contributed by atoms with Crippen molar-refractivity contribution >= 4 is 23.3 Å². The molecule has 1 aliphatic rings. The minimum Gasteiger partial charge on any atom is -0.326 e. The van der Waals surface area contributed by atoms with Crippen LogP contribution in [0.3, 0.4) is 0 Å². The molecule has 1 atom stereocenters. The molecule has 0 saturated heterocycles. The summed E-state index contributed by atoms with van der Waals surface area (Å²) in [4.78, 5) is 25.1. The Balaban J connectivity index is 1.48. The Hall–Kier alpha value is -3.41. The van der Waals surface area contributed by atoms with E-state index in [1.54, 1.807) is 10.9 Å². The standard InChI is InChI=1S/C22H22N4O2/c1-14-8-9-15(2)19(10-14)24-20(27)11-17-13-26-21(25-22(17)28)18(12-23-26)16-6-4-3-5-7-16/h3-10,12,17H,11,13H2,1-2H3,(H,24,27)(H,25,28)/t17-/m1/s1. The summed E-state index contributed by atoms with van der Waals surface area (Å²) in [6.07, 6.45) is 1.86. The van der Waals surface area contributed by atoms with E-state index in [1.807, 2.05) is 62.4 Å². The number of hydrogen-bond donors (Lipinski definition) is 2. The molecule has 2 N–H and O–H groups in total. The lowest BCUT2D eigenvalue weighted by Gasteiger charge is -2.24. The summed E-state index contributed by atoms with van der Waals surface area (Å²) in [6.45, 7) is 4.31. The van der Waals surface area contributed by atoms with Gasteiger partial charge >= 0.3 is 0 Å². The Morgan fingerprint density at radius 1 is 1.21 bits per heavy atom. The van der Waals surface area contributed by atoms with E-state index in [2.05, 4.69) is 15.7 Å². The molecule has 6 heteroatoms. The Bertz CT molecular complexity index is 1040. The van der Waals surface area contributed by atoms with Crippen molar-refractivity contribution in [2.24, 2.45) is 5.92 Å². The molecular formula is C22H22N4O2. The number of carbonyl (C=O) groups is 2. The highest BCUT2D eigenvalue weighted by molar-refractivity contribution is 6.00. The third-order valence-corrected chi connectivity index (χ3v) is 5.03. The highest BCUT2D eigenvalue weighted by Crippen LogP contribution is 2.32. The van der Waals surface area contributed by atoms with Crippen LogP contribution in [-0.2, 0) is 16.1 Å². The molecule has 0 unspecified atom stereocenters. The summed E-state index contributed by atoms with van der Waals surface area (Å²) in [5, 5.41) is 10.3. The quantitative estimate of drug-likeness (QED) is 0.730. The number of anilines is 2. The Morgan fingerprint density at radius 3 is 2.79 bits per heavy atom. The summed E-state index contributed by atoms with van der Waals surface area (Å²) in [6, 6.07) is 15.7. The van der Waals surface area contributed by atoms with Crippen LogP contribution >= 0.6 is 0 Å². The van der Waals surface area contributed by atoms with Crippen molar-refractivity contribution in [1.29, 1.82) is 0 Å². The summed E-state index contributed by atoms with van der Waals surface area (Å²) in [5.41, 5.74) is 4.73. The van der Waals surface area contributed by atoms with Gasteiger partial charge in [-0.05, 0) is 36.6 Å². The van der Waals surface area contributed by atoms with Gasteiger partial charge in [-0.1, -0.05) is 42.5 Å². The minimum absolute atomic E-state index is 0.110. The van der Waals surface area contributed by atoms with Crippen LogP contribution < -0.4 is 10.6 Å². The van der Waals surface area contributed by atoms with E-state index in [9.17, 15) is 9.59 Å². The topological polar surface area (TPSA) is 76.0 Å². The smallest absolute Gasteiger partial charge is 0.231 e. The molecule has 4 rings (SSSR count). The molecule has 28 heavy (non-hydrogen) atoms. The van der Waals surface area contributed by atoms with Gasteiger partial charge in [0.1, 0.15) is 5.82 Å². The number of benzene rings is 2. The van der Waals surface area contributed by atoms with Gasteiger partial charge in [-0.15, -0.1) is 0 Å². The van der Waals surface area contributed by atoms with E-state index in [4.69, 9.17) is 0 Å². The molecule has 0 aliphatic carbocycles. The number of aryl methyl sites for hydroxylation is 2. The van der Waals surface area contributed by atoms with Crippen LogP contribution in [0.15, 0.2) is 54.7 Å². The molecule has 2 aromatic carbocycles. The second kappa shape index (κ2) is 7.31. The molecule has 0 fully saturated rings. The first kappa shape index (κ1) is 18.0. The largest absolute Gasteiger partial charge is 0.326 e. The summed E-state index contributed by atoms with van der Waals surface area (Å²) in [7, 11) is 0. The molecule has 2 heterocycles. The molecule has 142 valence electrons. The van der Waals surface area contributed by atoms with Gasteiger partial charge in [-0.25, -0.2) is 4.68 Å². The van der Waals surface area contributed by atoms with Gasteiger partial charge in [-0.2, -0.15) is 5.10 Å². The van der Waals surface area contributed by atoms with Crippen LogP contribution in [0.5, 0.6) is 0 Å². The van der Waals surface area contributed by atoms with E-state index in [0.29, 0.717) is 12.4 Å². The predicted molar refractivity (Wildman–Crippen MR) is 109 cm³/mol. The number of carbonyl (C=O) groups excluding carboxylic acids is 2. The van der Waals surface area contributed by atoms with E-state index in [-0.39, 0.29) is 18.2 Å². The van der Waals surface area contributed by atoms with Crippen LogP contribution in [0.4, 0.5) is 11.5 Å². The maximum Gasteiger partial charge on any atom is 0.231 e. The zero-order valence-electron chi connectivity index (χ0n) is 15.9. The monoisotopic (exact) mass is 374 g/mol. The van der Waals surface area contributed by atoms with Crippen molar-refractivity contribution in [2.45, 2.75) is 26.8 Å². The fourth-order valence-electron chi connectivity index (χ4n) is 3.45. The Kier molecular flexibility index (Phi) is 4.69. The number of hydrogen-bond acceptors (Lipinski definition) is 3. The number of fused-ring (bicyclic) bond motifs is 1. The first-order valence-electron chi connectivity index (χ1n) is 9.30. The second-order valence-electron chi connectivity index (χ2n) is 7.21. The number of nitrogens with zero attached hydrogens (tertiary/aromatic N) is 2. The summed E-state index contributed by atoms with van der Waals surface area (Å²) < 4.78 is 1.76. The Labute approximate surface area is 163 Å². The van der Waals surface area contributed by atoms with Gasteiger partial charge in [0, 0.05) is 17.7 Å². The average Bonchev–Trinajstić information content (AvgIpc) is 3.08. The zero-order valence-corrected chi connectivity index (χ0v) is 15.9. The molecular weight excluding hydrogens is 352 g/mol. The molecule has 1 aliphatic heterocycles. The molecule has 0 spiro atoms. The van der Waals surface area contributed by atoms with Gasteiger partial charge < -0.3 is 10.6 Å². The van der Waals surface area contributed by atoms with Crippen molar-refractivity contribution in [3.05, 3.63) is 65.9 Å². The summed E-state index contributed by atoms with van der Waals surface area (Å²) >= 11 is 0. The lowest BCUT2D eigenvalue weighted by atomic mass is 10.0. The fraction of sp³-hybridized carbons (Fsp3) is 0.227. The van der Waals surface area contributed by atoms with Crippen molar-refractivity contribution < 1.29 is 9.59 Å². The first-order valence-corrected chi connectivity index (χ1v) is 9.30. The number of aromatic nitrogens is 2. The maximum absolute atomic E-state index is 12.6. The SMILES string of the molecule is Cc1ccc(C)c(NC(=O)C[C@@H]2Cn3ncc(-c4ccccc4)c3NC2=O)c1. The molecule has 0 radical (unpaired) electrons. The lowest BCUT2D eigenvalue weighted by molar-refractivity contribution is -0.125. The van der Waals surface area contributed by atoms with Crippen LogP contribution in [0, 0.1) is 19.8 Å². The normalized spacial score (nSPS) is 15.6.